The molecule has 2 atom stereocenters. The number of carbonyl (C=O) groups is 2. The van der Waals surface area contributed by atoms with Crippen molar-refractivity contribution >= 4 is 17.7 Å². The molecule has 2 aliphatic rings. The van der Waals surface area contributed by atoms with E-state index in [1.807, 2.05) is 11.0 Å². The minimum Gasteiger partial charge on any atom is -0.480 e. The fourth-order valence-electron chi connectivity index (χ4n) is 5.57. The number of aliphatic carboxylic acids is 1. The molecule has 0 aromatic carbocycles. The summed E-state index contributed by atoms with van der Waals surface area (Å²) in [6.07, 6.45) is 1.21. The molecule has 4 rings (SSSR count). The largest absolute Gasteiger partial charge is 0.480 e. The number of rotatable bonds is 16. The number of methoxy groups -OCH3 is 1. The molecule has 13 heteroatoms. The van der Waals surface area contributed by atoms with Crippen molar-refractivity contribution < 1.29 is 37.0 Å². The monoisotopic (exact) mass is 609 g/mol. The van der Waals surface area contributed by atoms with E-state index in [4.69, 9.17) is 9.72 Å². The Labute approximate surface area is 248 Å². The van der Waals surface area contributed by atoms with Crippen LogP contribution in [0.5, 0.6) is 0 Å². The first-order valence-electron chi connectivity index (χ1n) is 14.7. The smallest absolute Gasteiger partial charge is 0.418 e. The van der Waals surface area contributed by atoms with E-state index in [1.165, 1.54) is 24.9 Å². The number of unbranched alkanes of at least 4 members (excludes halogenated alkanes) is 1. The number of amides is 1. The third-order valence-corrected chi connectivity index (χ3v) is 8.24. The first-order valence-corrected chi connectivity index (χ1v) is 14.7. The Morgan fingerprint density at radius 2 is 2.00 bits per heavy atom. The summed E-state index contributed by atoms with van der Waals surface area (Å²) in [5, 5.41) is 15.7. The topological polar surface area (TPSA) is 117 Å². The highest BCUT2D eigenvalue weighted by molar-refractivity contribution is 5.94. The normalized spacial score (nSPS) is 17.1. The summed E-state index contributed by atoms with van der Waals surface area (Å²) in [6.45, 7) is 1.18. The van der Waals surface area contributed by atoms with Gasteiger partial charge in [0, 0.05) is 44.8 Å². The van der Waals surface area contributed by atoms with E-state index in [9.17, 15) is 32.3 Å². The minimum absolute atomic E-state index is 0.0135. The molecule has 1 fully saturated rings. The van der Waals surface area contributed by atoms with Gasteiger partial charge in [0.1, 0.15) is 18.5 Å². The van der Waals surface area contributed by atoms with Gasteiger partial charge in [-0.3, -0.25) is 9.78 Å². The number of aromatic nitrogens is 2. The number of hydrogen-bond acceptors (Lipinski definition) is 7. The fourth-order valence-corrected chi connectivity index (χ4v) is 5.57. The number of carboxylic acids is 1. The number of pyridine rings is 2. The van der Waals surface area contributed by atoms with Crippen LogP contribution in [0.3, 0.4) is 0 Å². The number of alkyl halides is 4. The molecule has 236 valence electrons. The molecule has 9 nitrogen and oxygen atoms in total. The number of carbonyl (C=O) groups excluding carboxylic acids is 1. The van der Waals surface area contributed by atoms with Gasteiger partial charge in [-0.05, 0) is 81.2 Å². The number of halogens is 4. The average Bonchev–Trinajstić information content (AvgIpc) is 3.81. The zero-order chi connectivity index (χ0) is 31.0. The van der Waals surface area contributed by atoms with E-state index < -0.39 is 47.9 Å². The first kappa shape index (κ1) is 32.6. The van der Waals surface area contributed by atoms with Gasteiger partial charge in [0.2, 0.25) is 5.91 Å². The Hall–Kier alpha value is -3.32. The van der Waals surface area contributed by atoms with E-state index in [0.717, 1.165) is 50.2 Å². The molecule has 2 aromatic rings. The number of hydrogen-bond donors (Lipinski definition) is 3. The van der Waals surface area contributed by atoms with Crippen LogP contribution in [0.25, 0.3) is 0 Å². The lowest BCUT2D eigenvalue weighted by molar-refractivity contribution is -0.143. The highest BCUT2D eigenvalue weighted by Crippen LogP contribution is 2.52. The number of aryl methyl sites for hydroxylation is 2. The van der Waals surface area contributed by atoms with Crippen molar-refractivity contribution in [1.29, 1.82) is 0 Å². The lowest BCUT2D eigenvalue weighted by atomic mass is 9.91. The summed E-state index contributed by atoms with van der Waals surface area (Å²) in [6, 6.07) is 3.97. The Morgan fingerprint density at radius 3 is 2.67 bits per heavy atom. The standard InChI is InChI=1S/C30H39F4N5O4/c1-43-22(17-31)19-39(15-3-2-6-21-8-7-20-5-4-13-36-26(20)37-21)16-10-25(27(40)41)38-28(42)29(11-12-29)23-9-14-35-18-24(23)30(32,33)34/h7-9,14,18,22,25H,2-6,10-13,15-17,19H2,1H3,(H,36,37)(H,38,42)(H,40,41). The number of fused-ring (bicyclic) bond motifs is 1. The molecule has 43 heavy (non-hydrogen) atoms. The third-order valence-electron chi connectivity index (χ3n) is 8.24. The van der Waals surface area contributed by atoms with Crippen LogP contribution in [0.2, 0.25) is 0 Å². The molecular formula is C30H39F4N5O4. The Kier molecular flexibility index (Phi) is 10.9. The predicted molar refractivity (Wildman–Crippen MR) is 152 cm³/mol. The SMILES string of the molecule is COC(CF)CN(CCCCc1ccc2c(n1)NCCC2)CCC(NC(=O)C1(c2ccncc2C(F)(F)F)CC1)C(=O)O. The lowest BCUT2D eigenvalue weighted by Crippen LogP contribution is -2.48. The van der Waals surface area contributed by atoms with Gasteiger partial charge in [-0.2, -0.15) is 13.2 Å². The van der Waals surface area contributed by atoms with Crippen LogP contribution in [0.4, 0.5) is 23.4 Å². The summed E-state index contributed by atoms with van der Waals surface area (Å²) in [7, 11) is 1.40. The van der Waals surface area contributed by atoms with Gasteiger partial charge in [-0.15, -0.1) is 0 Å². The second kappa shape index (κ2) is 14.4. The first-order chi connectivity index (χ1) is 20.6. The average molecular weight is 610 g/mol. The van der Waals surface area contributed by atoms with Crippen molar-refractivity contribution in [2.24, 2.45) is 0 Å². The Morgan fingerprint density at radius 1 is 1.21 bits per heavy atom. The predicted octanol–water partition coefficient (Wildman–Crippen LogP) is 4.15. The van der Waals surface area contributed by atoms with Crippen molar-refractivity contribution in [1.82, 2.24) is 20.2 Å². The van der Waals surface area contributed by atoms with E-state index in [-0.39, 0.29) is 37.9 Å². The van der Waals surface area contributed by atoms with Crippen LogP contribution in [0.15, 0.2) is 30.6 Å². The summed E-state index contributed by atoms with van der Waals surface area (Å²) < 4.78 is 59.5. The van der Waals surface area contributed by atoms with Crippen molar-refractivity contribution in [2.45, 2.75) is 75.1 Å². The number of nitrogens with one attached hydrogen (secondary N) is 2. The van der Waals surface area contributed by atoms with Gasteiger partial charge in [0.05, 0.1) is 17.1 Å². The quantitative estimate of drug-likeness (QED) is 0.192. The Balaban J connectivity index is 1.35. The van der Waals surface area contributed by atoms with Crippen molar-refractivity contribution in [2.75, 3.05) is 45.3 Å². The number of ether oxygens (including phenoxy) is 1. The second-order valence-electron chi connectivity index (χ2n) is 11.3. The summed E-state index contributed by atoms with van der Waals surface area (Å²) in [5.74, 6) is -1.12. The van der Waals surface area contributed by atoms with Crippen molar-refractivity contribution in [3.8, 4) is 0 Å². The molecule has 1 amide bonds. The van der Waals surface area contributed by atoms with Crippen molar-refractivity contribution in [3.05, 3.63) is 53.0 Å². The van der Waals surface area contributed by atoms with Gasteiger partial charge in [0.25, 0.3) is 0 Å². The molecule has 1 saturated carbocycles. The highest BCUT2D eigenvalue weighted by atomic mass is 19.4. The zero-order valence-electron chi connectivity index (χ0n) is 24.3. The van der Waals surface area contributed by atoms with E-state index in [2.05, 4.69) is 21.7 Å². The van der Waals surface area contributed by atoms with Gasteiger partial charge in [0.15, 0.2) is 0 Å². The molecule has 2 aromatic heterocycles. The number of anilines is 1. The maximum absolute atomic E-state index is 13.6. The van der Waals surface area contributed by atoms with E-state index >= 15 is 0 Å². The van der Waals surface area contributed by atoms with E-state index in [1.54, 1.807) is 0 Å². The maximum atomic E-state index is 13.6. The molecule has 1 aliphatic heterocycles. The highest BCUT2D eigenvalue weighted by Gasteiger charge is 2.55. The second-order valence-corrected chi connectivity index (χ2v) is 11.3. The minimum atomic E-state index is -4.70. The van der Waals surface area contributed by atoms with Crippen LogP contribution in [0.1, 0.15) is 60.9 Å². The Bertz CT molecular complexity index is 1250. The van der Waals surface area contributed by atoms with Crippen LogP contribution < -0.4 is 10.6 Å². The molecule has 0 bridgehead atoms. The van der Waals surface area contributed by atoms with Gasteiger partial charge < -0.3 is 25.4 Å². The molecule has 0 radical (unpaired) electrons. The lowest BCUT2D eigenvalue weighted by Gasteiger charge is -2.28. The molecule has 3 heterocycles. The maximum Gasteiger partial charge on any atom is 0.418 e. The molecule has 0 spiro atoms. The van der Waals surface area contributed by atoms with Crippen LogP contribution in [-0.4, -0.2) is 84.0 Å². The van der Waals surface area contributed by atoms with Gasteiger partial charge >= 0.3 is 12.1 Å². The van der Waals surface area contributed by atoms with Gasteiger partial charge in [-0.1, -0.05) is 6.07 Å². The molecule has 1 aliphatic carbocycles. The molecule has 0 saturated heterocycles. The molecule has 3 N–H and O–H groups in total. The number of carboxylic acid groups (broad SMARTS) is 1. The number of nitrogens with zero attached hydrogens (tertiary/aromatic N) is 3. The summed E-state index contributed by atoms with van der Waals surface area (Å²) >= 11 is 0. The van der Waals surface area contributed by atoms with Crippen LogP contribution >= 0.6 is 0 Å². The summed E-state index contributed by atoms with van der Waals surface area (Å²) in [5.41, 5.74) is -0.458. The van der Waals surface area contributed by atoms with Crippen LogP contribution in [0, 0.1) is 0 Å². The molecular weight excluding hydrogens is 570 g/mol. The van der Waals surface area contributed by atoms with Crippen LogP contribution in [-0.2, 0) is 38.8 Å². The van der Waals surface area contributed by atoms with Crippen molar-refractivity contribution in [3.63, 3.8) is 0 Å². The van der Waals surface area contributed by atoms with Gasteiger partial charge in [-0.25, -0.2) is 14.2 Å². The fraction of sp³-hybridized carbons (Fsp3) is 0.600. The molecule has 2 unspecified atom stereocenters. The third kappa shape index (κ3) is 8.41. The zero-order valence-corrected chi connectivity index (χ0v) is 24.3. The van der Waals surface area contributed by atoms with E-state index in [0.29, 0.717) is 12.7 Å². The summed E-state index contributed by atoms with van der Waals surface area (Å²) in [4.78, 5) is 35.5.